The van der Waals surface area contributed by atoms with Crippen LogP contribution in [0, 0.1) is 0 Å². The van der Waals surface area contributed by atoms with E-state index in [-0.39, 0.29) is 12.8 Å². The number of phosphoric acid groups is 1. The molecular weight excluding hydrogens is 647 g/mol. The SMILES string of the molecule is CCCCC/C=C\C/C=C\CCCCCCCCCCCC(=O)OC(COC(=O)CC)COP(=O)(O)OC1C(O)C(O)C(O)C(O)C1O. The van der Waals surface area contributed by atoms with Crippen LogP contribution in [0.5, 0.6) is 0 Å². The summed E-state index contributed by atoms with van der Waals surface area (Å²) in [5.74, 6) is -1.21. The first-order valence-corrected chi connectivity index (χ1v) is 19.1. The fraction of sp³-hybridized carbons (Fsp3) is 0.824. The molecule has 0 aromatic carbocycles. The maximum absolute atomic E-state index is 12.5. The van der Waals surface area contributed by atoms with Gasteiger partial charge < -0.3 is 39.9 Å². The van der Waals surface area contributed by atoms with E-state index in [2.05, 4.69) is 31.2 Å². The third-order valence-electron chi connectivity index (χ3n) is 8.10. The highest BCUT2D eigenvalue weighted by Gasteiger charge is 2.51. The number of carbonyl (C=O) groups excluding carboxylic acids is 2. The predicted octanol–water partition coefficient (Wildman–Crippen LogP) is 4.55. The molecule has 1 aliphatic carbocycles. The number of hydrogen-bond acceptors (Lipinski definition) is 12. The molecule has 0 bridgehead atoms. The average Bonchev–Trinajstić information content (AvgIpc) is 3.06. The summed E-state index contributed by atoms with van der Waals surface area (Å²) in [4.78, 5) is 34.2. The van der Waals surface area contributed by atoms with Gasteiger partial charge in [-0.1, -0.05) is 95.9 Å². The van der Waals surface area contributed by atoms with Crippen LogP contribution in [0.1, 0.15) is 123 Å². The van der Waals surface area contributed by atoms with Gasteiger partial charge in [0.2, 0.25) is 0 Å². The van der Waals surface area contributed by atoms with E-state index in [4.69, 9.17) is 18.5 Å². The molecule has 0 radical (unpaired) electrons. The number of rotatable bonds is 27. The summed E-state index contributed by atoms with van der Waals surface area (Å²) in [6, 6.07) is 0. The van der Waals surface area contributed by atoms with Crippen molar-refractivity contribution in [1.82, 2.24) is 0 Å². The molecule has 0 amide bonds. The van der Waals surface area contributed by atoms with Crippen molar-refractivity contribution in [3.8, 4) is 0 Å². The Bertz CT molecular complexity index is 959. The predicted molar refractivity (Wildman–Crippen MR) is 180 cm³/mol. The molecule has 1 fully saturated rings. The van der Waals surface area contributed by atoms with E-state index in [9.17, 15) is 44.6 Å². The van der Waals surface area contributed by atoms with Crippen molar-refractivity contribution in [2.75, 3.05) is 13.2 Å². The second-order valence-electron chi connectivity index (χ2n) is 12.3. The van der Waals surface area contributed by atoms with E-state index in [0.717, 1.165) is 38.5 Å². The number of phosphoric ester groups is 1. The molecule has 0 saturated heterocycles. The van der Waals surface area contributed by atoms with Gasteiger partial charge in [0.25, 0.3) is 0 Å². The Hall–Kier alpha value is -1.67. The van der Waals surface area contributed by atoms with Crippen molar-refractivity contribution in [2.45, 2.75) is 166 Å². The molecule has 280 valence electrons. The number of aliphatic hydroxyl groups excluding tert-OH is 5. The lowest BCUT2D eigenvalue weighted by atomic mass is 9.85. The number of hydrogen-bond donors (Lipinski definition) is 6. The number of esters is 2. The highest BCUT2D eigenvalue weighted by molar-refractivity contribution is 7.47. The quantitative estimate of drug-likeness (QED) is 0.0300. The highest BCUT2D eigenvalue weighted by atomic mass is 31.2. The lowest BCUT2D eigenvalue weighted by molar-refractivity contribution is -0.220. The van der Waals surface area contributed by atoms with Gasteiger partial charge in [-0.15, -0.1) is 0 Å². The monoisotopic (exact) mass is 708 g/mol. The molecule has 6 unspecified atom stereocenters. The average molecular weight is 709 g/mol. The number of ether oxygens (including phenoxy) is 2. The van der Waals surface area contributed by atoms with Crippen LogP contribution >= 0.6 is 7.82 Å². The Morgan fingerprint density at radius 1 is 0.667 bits per heavy atom. The maximum Gasteiger partial charge on any atom is 0.472 e. The first-order chi connectivity index (χ1) is 22.9. The van der Waals surface area contributed by atoms with Crippen LogP contribution in [0.25, 0.3) is 0 Å². The molecule has 14 heteroatoms. The summed E-state index contributed by atoms with van der Waals surface area (Å²) in [6.45, 7) is 2.58. The van der Waals surface area contributed by atoms with Crippen molar-refractivity contribution < 1.29 is 63.1 Å². The van der Waals surface area contributed by atoms with E-state index in [1.54, 1.807) is 6.92 Å². The van der Waals surface area contributed by atoms with E-state index in [1.165, 1.54) is 51.4 Å². The fourth-order valence-electron chi connectivity index (χ4n) is 5.12. The summed E-state index contributed by atoms with van der Waals surface area (Å²) in [5.41, 5.74) is 0. The lowest BCUT2D eigenvalue weighted by Gasteiger charge is -2.41. The van der Waals surface area contributed by atoms with Gasteiger partial charge in [-0.05, 0) is 38.5 Å². The third kappa shape index (κ3) is 19.5. The Kier molecular flexibility index (Phi) is 24.2. The molecular formula is C34H61O13P. The first-order valence-electron chi connectivity index (χ1n) is 17.6. The largest absolute Gasteiger partial charge is 0.472 e. The van der Waals surface area contributed by atoms with Crippen LogP contribution in [0.15, 0.2) is 24.3 Å². The molecule has 1 rings (SSSR count). The van der Waals surface area contributed by atoms with Crippen molar-refractivity contribution in [1.29, 1.82) is 0 Å². The minimum absolute atomic E-state index is 0.0474. The van der Waals surface area contributed by atoms with Crippen LogP contribution in [0.2, 0.25) is 0 Å². The van der Waals surface area contributed by atoms with E-state index in [1.807, 2.05) is 0 Å². The van der Waals surface area contributed by atoms with E-state index < -0.39 is 75.7 Å². The molecule has 48 heavy (non-hydrogen) atoms. The second-order valence-corrected chi connectivity index (χ2v) is 13.7. The van der Waals surface area contributed by atoms with Gasteiger partial charge in [-0.25, -0.2) is 4.57 Å². The highest BCUT2D eigenvalue weighted by Crippen LogP contribution is 2.47. The van der Waals surface area contributed by atoms with Gasteiger partial charge in [0.15, 0.2) is 6.10 Å². The van der Waals surface area contributed by atoms with Crippen LogP contribution in [-0.4, -0.2) is 98.3 Å². The number of unbranched alkanes of at least 4 members (excludes halogenated alkanes) is 12. The van der Waals surface area contributed by atoms with Gasteiger partial charge in [0, 0.05) is 12.8 Å². The van der Waals surface area contributed by atoms with E-state index >= 15 is 0 Å². The van der Waals surface area contributed by atoms with Gasteiger partial charge in [-0.2, -0.15) is 0 Å². The van der Waals surface area contributed by atoms with Crippen LogP contribution in [-0.2, 0) is 32.7 Å². The summed E-state index contributed by atoms with van der Waals surface area (Å²) in [5, 5.41) is 49.4. The third-order valence-corrected chi connectivity index (χ3v) is 9.09. The zero-order valence-corrected chi connectivity index (χ0v) is 29.7. The minimum atomic E-state index is -5.08. The zero-order valence-electron chi connectivity index (χ0n) is 28.8. The Morgan fingerprint density at radius 3 is 1.71 bits per heavy atom. The van der Waals surface area contributed by atoms with Crippen molar-refractivity contribution in [3.05, 3.63) is 24.3 Å². The molecule has 0 aromatic heterocycles. The molecule has 1 aliphatic rings. The molecule has 0 aromatic rings. The molecule has 13 nitrogen and oxygen atoms in total. The minimum Gasteiger partial charge on any atom is -0.462 e. The van der Waals surface area contributed by atoms with Gasteiger partial charge in [0.1, 0.15) is 43.2 Å². The molecule has 0 spiro atoms. The van der Waals surface area contributed by atoms with Crippen LogP contribution in [0.3, 0.4) is 0 Å². The zero-order chi connectivity index (χ0) is 35.8. The topological polar surface area (TPSA) is 210 Å². The number of carbonyl (C=O) groups is 2. The molecule has 6 N–H and O–H groups in total. The van der Waals surface area contributed by atoms with Gasteiger partial charge >= 0.3 is 19.8 Å². The maximum atomic E-state index is 12.5. The molecule has 6 atom stereocenters. The van der Waals surface area contributed by atoms with Crippen molar-refractivity contribution in [3.63, 3.8) is 0 Å². The van der Waals surface area contributed by atoms with Crippen LogP contribution < -0.4 is 0 Å². The lowest BCUT2D eigenvalue weighted by Crippen LogP contribution is -2.64. The normalized spacial score (nSPS) is 24.9. The summed E-state index contributed by atoms with van der Waals surface area (Å²) < 4.78 is 32.5. The van der Waals surface area contributed by atoms with E-state index in [0.29, 0.717) is 6.42 Å². The molecule has 1 saturated carbocycles. The van der Waals surface area contributed by atoms with Crippen LogP contribution in [0.4, 0.5) is 0 Å². The number of allylic oxidation sites excluding steroid dienone is 4. The Labute approximate surface area is 285 Å². The molecule has 0 aliphatic heterocycles. The Balaban J connectivity index is 2.29. The fourth-order valence-corrected chi connectivity index (χ4v) is 6.09. The number of aliphatic hydroxyl groups is 5. The second kappa shape index (κ2) is 26.2. The molecule has 0 heterocycles. The van der Waals surface area contributed by atoms with Crippen molar-refractivity contribution in [2.24, 2.45) is 0 Å². The van der Waals surface area contributed by atoms with Gasteiger partial charge in [0.05, 0.1) is 6.61 Å². The summed E-state index contributed by atoms with van der Waals surface area (Å²) >= 11 is 0. The first kappa shape index (κ1) is 44.4. The summed E-state index contributed by atoms with van der Waals surface area (Å²) in [6.07, 6.45) is 12.6. The van der Waals surface area contributed by atoms with Crippen molar-refractivity contribution >= 4 is 19.8 Å². The standard InChI is InChI=1S/C34H61O13P/c1-3-5-6-7-8-9-10-11-12-13-14-15-16-17-18-19-20-21-22-23-28(36)46-26(24-44-27(35)4-2)25-45-48(42,43)47-34-32(40)30(38)29(37)31(39)33(34)41/h8-9,11-12,26,29-34,37-41H,3-7,10,13-25H2,1-2H3,(H,42,43)/b9-8-,12-11-. The summed E-state index contributed by atoms with van der Waals surface area (Å²) in [7, 11) is -5.08. The Morgan fingerprint density at radius 2 is 1.17 bits per heavy atom. The smallest absolute Gasteiger partial charge is 0.462 e. The van der Waals surface area contributed by atoms with Gasteiger partial charge in [-0.3, -0.25) is 18.6 Å².